The number of methoxy groups -OCH3 is 1. The Kier molecular flexibility index (Phi) is 5.66. The first-order valence-electron chi connectivity index (χ1n) is 10.1. The zero-order valence-electron chi connectivity index (χ0n) is 17.8. The number of hydrogen-bond donors (Lipinski definition) is 2. The van der Waals surface area contributed by atoms with E-state index >= 15 is 0 Å². The van der Waals surface area contributed by atoms with Gasteiger partial charge in [0.05, 0.1) is 12.0 Å². The number of carbonyl (C=O) groups is 1. The molecule has 3 aromatic carbocycles. The molecule has 1 aromatic heterocycles. The van der Waals surface area contributed by atoms with E-state index in [1.807, 2.05) is 42.5 Å². The lowest BCUT2D eigenvalue weighted by Crippen LogP contribution is -2.44. The van der Waals surface area contributed by atoms with Crippen LogP contribution in [0, 0.1) is 5.92 Å². The van der Waals surface area contributed by atoms with Crippen LogP contribution in [0.1, 0.15) is 13.8 Å². The minimum atomic E-state index is -4.04. The van der Waals surface area contributed by atoms with Gasteiger partial charge in [0.15, 0.2) is 0 Å². The summed E-state index contributed by atoms with van der Waals surface area (Å²) in [5.41, 5.74) is 3.04. The van der Waals surface area contributed by atoms with Crippen LogP contribution < -0.4 is 9.46 Å². The van der Waals surface area contributed by atoms with E-state index < -0.39 is 28.0 Å². The van der Waals surface area contributed by atoms with Crippen LogP contribution in [0.4, 0.5) is 0 Å². The van der Waals surface area contributed by atoms with E-state index in [-0.39, 0.29) is 4.90 Å². The summed E-state index contributed by atoms with van der Waals surface area (Å²) in [4.78, 5) is 11.4. The average molecular weight is 454 g/mol. The summed E-state index contributed by atoms with van der Waals surface area (Å²) in [6, 6.07) is 16.8. The highest BCUT2D eigenvalue weighted by Crippen LogP contribution is 2.34. The summed E-state index contributed by atoms with van der Waals surface area (Å²) >= 11 is 0. The highest BCUT2D eigenvalue weighted by atomic mass is 32.2. The van der Waals surface area contributed by atoms with Crippen molar-refractivity contribution in [2.45, 2.75) is 24.8 Å². The molecule has 2 N–H and O–H groups in total. The van der Waals surface area contributed by atoms with E-state index in [0.717, 1.165) is 27.6 Å². The summed E-state index contributed by atoms with van der Waals surface area (Å²) < 4.78 is 38.9. The van der Waals surface area contributed by atoms with Crippen molar-refractivity contribution >= 4 is 37.9 Å². The number of carboxylic acids is 1. The molecule has 0 aliphatic heterocycles. The molecular formula is C24H23NO6S. The third-order valence-electron chi connectivity index (χ3n) is 5.39. The third-order valence-corrected chi connectivity index (χ3v) is 6.83. The van der Waals surface area contributed by atoms with Crippen LogP contribution in [0.25, 0.3) is 33.1 Å². The Morgan fingerprint density at radius 1 is 0.938 bits per heavy atom. The molecule has 0 amide bonds. The fraction of sp³-hybridized carbons (Fsp3) is 0.208. The molecule has 0 aliphatic carbocycles. The molecule has 166 valence electrons. The molecule has 0 saturated heterocycles. The van der Waals surface area contributed by atoms with Gasteiger partial charge in [0, 0.05) is 16.8 Å². The van der Waals surface area contributed by atoms with E-state index in [1.165, 1.54) is 12.1 Å². The maximum atomic E-state index is 12.8. The van der Waals surface area contributed by atoms with Crippen LogP contribution in [0.15, 0.2) is 70.0 Å². The second kappa shape index (κ2) is 8.29. The van der Waals surface area contributed by atoms with E-state index in [9.17, 15) is 18.3 Å². The molecule has 1 heterocycles. The van der Waals surface area contributed by atoms with Gasteiger partial charge in [0.2, 0.25) is 10.0 Å². The van der Waals surface area contributed by atoms with Gasteiger partial charge >= 0.3 is 5.97 Å². The number of carboxylic acid groups (broad SMARTS) is 1. The third kappa shape index (κ3) is 4.06. The lowest BCUT2D eigenvalue weighted by molar-refractivity contribution is -0.140. The molecule has 0 spiro atoms. The minimum Gasteiger partial charge on any atom is -0.497 e. The molecular weight excluding hydrogens is 430 g/mol. The molecule has 8 heteroatoms. The quantitative estimate of drug-likeness (QED) is 0.422. The standard InChI is InChI=1S/C24H23NO6S/c1-14(2)23(24(26)27)25-32(28,29)18-9-10-19-20-12-16(6-11-21(20)31-22(19)13-18)15-4-7-17(30-3)8-5-15/h4-14,23,25H,1-3H3,(H,26,27)/t23-/m0/s1. The Balaban J connectivity index is 1.73. The van der Waals surface area contributed by atoms with Crippen molar-refractivity contribution in [3.05, 3.63) is 60.7 Å². The van der Waals surface area contributed by atoms with Crippen molar-refractivity contribution in [3.8, 4) is 16.9 Å². The lowest BCUT2D eigenvalue weighted by Gasteiger charge is -2.17. The van der Waals surface area contributed by atoms with E-state index in [0.29, 0.717) is 11.2 Å². The summed E-state index contributed by atoms with van der Waals surface area (Å²) in [5.74, 6) is -0.860. The largest absolute Gasteiger partial charge is 0.497 e. The number of sulfonamides is 1. The van der Waals surface area contributed by atoms with Gasteiger partial charge in [-0.1, -0.05) is 32.0 Å². The highest BCUT2D eigenvalue weighted by molar-refractivity contribution is 7.89. The number of nitrogens with one attached hydrogen (secondary N) is 1. The summed E-state index contributed by atoms with van der Waals surface area (Å²) in [6.45, 7) is 3.29. The topological polar surface area (TPSA) is 106 Å². The smallest absolute Gasteiger partial charge is 0.322 e. The van der Waals surface area contributed by atoms with Gasteiger partial charge in [-0.3, -0.25) is 4.79 Å². The van der Waals surface area contributed by atoms with E-state index in [1.54, 1.807) is 27.0 Å². The summed E-state index contributed by atoms with van der Waals surface area (Å²) in [6.07, 6.45) is 0. The number of aliphatic carboxylic acids is 1. The maximum Gasteiger partial charge on any atom is 0.322 e. The first-order valence-corrected chi connectivity index (χ1v) is 11.5. The Labute approximate surface area is 185 Å². The number of benzene rings is 3. The Bertz CT molecular complexity index is 1400. The first-order chi connectivity index (χ1) is 15.2. The van der Waals surface area contributed by atoms with Crippen molar-refractivity contribution in [2.24, 2.45) is 5.92 Å². The molecule has 0 saturated carbocycles. The zero-order valence-corrected chi connectivity index (χ0v) is 18.6. The molecule has 0 radical (unpaired) electrons. The number of rotatable bonds is 7. The van der Waals surface area contributed by atoms with Gasteiger partial charge in [-0.05, 0) is 53.4 Å². The van der Waals surface area contributed by atoms with Gasteiger partial charge < -0.3 is 14.3 Å². The highest BCUT2D eigenvalue weighted by Gasteiger charge is 2.28. The molecule has 4 rings (SSSR count). The van der Waals surface area contributed by atoms with E-state index in [2.05, 4.69) is 4.72 Å². The lowest BCUT2D eigenvalue weighted by atomic mass is 10.0. The van der Waals surface area contributed by atoms with Gasteiger partial charge in [0.25, 0.3) is 0 Å². The molecule has 32 heavy (non-hydrogen) atoms. The van der Waals surface area contributed by atoms with Gasteiger partial charge in [-0.15, -0.1) is 0 Å². The van der Waals surface area contributed by atoms with Crippen molar-refractivity contribution in [3.63, 3.8) is 0 Å². The van der Waals surface area contributed by atoms with E-state index in [4.69, 9.17) is 9.15 Å². The molecule has 0 fully saturated rings. The fourth-order valence-corrected chi connectivity index (χ4v) is 4.95. The zero-order chi connectivity index (χ0) is 23.0. The summed E-state index contributed by atoms with van der Waals surface area (Å²) in [5, 5.41) is 10.9. The van der Waals surface area contributed by atoms with Crippen LogP contribution in [0.3, 0.4) is 0 Å². The van der Waals surface area contributed by atoms with Crippen LogP contribution >= 0.6 is 0 Å². The van der Waals surface area contributed by atoms with Gasteiger partial charge in [-0.2, -0.15) is 4.72 Å². The molecule has 0 bridgehead atoms. The normalized spacial score (nSPS) is 13.0. The predicted molar refractivity (Wildman–Crippen MR) is 122 cm³/mol. The molecule has 0 aliphatic rings. The predicted octanol–water partition coefficient (Wildman–Crippen LogP) is 4.65. The molecule has 4 aromatic rings. The Morgan fingerprint density at radius 2 is 1.62 bits per heavy atom. The van der Waals surface area contributed by atoms with Crippen LogP contribution in [0.5, 0.6) is 5.75 Å². The number of furan rings is 1. The molecule has 0 unspecified atom stereocenters. The van der Waals surface area contributed by atoms with Crippen LogP contribution in [-0.4, -0.2) is 32.6 Å². The molecule has 7 nitrogen and oxygen atoms in total. The van der Waals surface area contributed by atoms with Gasteiger partial charge in [-0.25, -0.2) is 8.42 Å². The van der Waals surface area contributed by atoms with Crippen LogP contribution in [0.2, 0.25) is 0 Å². The molecule has 1 atom stereocenters. The summed E-state index contributed by atoms with van der Waals surface area (Å²) in [7, 11) is -2.42. The van der Waals surface area contributed by atoms with Crippen molar-refractivity contribution in [1.29, 1.82) is 0 Å². The minimum absolute atomic E-state index is 0.0497. The second-order valence-corrected chi connectivity index (χ2v) is 9.59. The Morgan fingerprint density at radius 3 is 2.25 bits per heavy atom. The second-order valence-electron chi connectivity index (χ2n) is 7.88. The number of fused-ring (bicyclic) bond motifs is 3. The SMILES string of the molecule is COc1ccc(-c2ccc3oc4cc(S(=O)(=O)N[C@H](C(=O)O)C(C)C)ccc4c3c2)cc1. The van der Waals surface area contributed by atoms with Crippen molar-refractivity contribution < 1.29 is 27.5 Å². The maximum absolute atomic E-state index is 12.8. The van der Waals surface area contributed by atoms with Crippen molar-refractivity contribution in [2.75, 3.05) is 7.11 Å². The van der Waals surface area contributed by atoms with Gasteiger partial charge in [0.1, 0.15) is 23.0 Å². The first kappa shape index (κ1) is 21.9. The Hall–Kier alpha value is -3.36. The number of hydrogen-bond acceptors (Lipinski definition) is 5. The fourth-order valence-electron chi connectivity index (χ4n) is 3.59. The van der Waals surface area contributed by atoms with Crippen molar-refractivity contribution in [1.82, 2.24) is 4.72 Å². The van der Waals surface area contributed by atoms with Crippen LogP contribution in [-0.2, 0) is 14.8 Å². The monoisotopic (exact) mass is 453 g/mol. The number of ether oxygens (including phenoxy) is 1. The average Bonchev–Trinajstić information content (AvgIpc) is 3.14.